The third-order valence-electron chi connectivity index (χ3n) is 2.55. The van der Waals surface area contributed by atoms with Crippen LogP contribution in [0.4, 0.5) is 15.2 Å². The number of benzene rings is 1. The monoisotopic (exact) mass is 296 g/mol. The molecule has 7 heteroatoms. The summed E-state index contributed by atoms with van der Waals surface area (Å²) in [7, 11) is 1.40. The standard InChI is InChI=1S/C13H13FN2O3S/c1-19-11-4-2-8(6-10(11)14)15-13-16-9(7-20-13)3-5-12(17)18/h2,4,6-7H,3,5H2,1H3,(H,15,16)(H,17,18). The quantitative estimate of drug-likeness (QED) is 0.857. The van der Waals surface area contributed by atoms with Gasteiger partial charge in [0, 0.05) is 23.6 Å². The summed E-state index contributed by atoms with van der Waals surface area (Å²) in [4.78, 5) is 14.7. The minimum absolute atomic E-state index is 0.0420. The van der Waals surface area contributed by atoms with E-state index in [2.05, 4.69) is 10.3 Å². The lowest BCUT2D eigenvalue weighted by molar-refractivity contribution is -0.136. The predicted octanol–water partition coefficient (Wildman–Crippen LogP) is 3.05. The third-order valence-corrected chi connectivity index (χ3v) is 3.36. The molecular formula is C13H13FN2O3S. The molecule has 2 aromatic rings. The zero-order valence-corrected chi connectivity index (χ0v) is 11.5. The number of aliphatic carboxylic acids is 1. The van der Waals surface area contributed by atoms with Crippen molar-refractivity contribution in [3.8, 4) is 5.75 Å². The number of thiazole rings is 1. The van der Waals surface area contributed by atoms with Crippen molar-refractivity contribution in [2.45, 2.75) is 12.8 Å². The molecule has 1 heterocycles. The number of carbonyl (C=O) groups is 1. The number of aryl methyl sites for hydroxylation is 1. The van der Waals surface area contributed by atoms with Gasteiger partial charge >= 0.3 is 5.97 Å². The molecule has 0 saturated carbocycles. The van der Waals surface area contributed by atoms with E-state index >= 15 is 0 Å². The van der Waals surface area contributed by atoms with Crippen molar-refractivity contribution in [3.63, 3.8) is 0 Å². The van der Waals surface area contributed by atoms with Crippen molar-refractivity contribution < 1.29 is 19.0 Å². The lowest BCUT2D eigenvalue weighted by atomic mass is 10.2. The largest absolute Gasteiger partial charge is 0.494 e. The summed E-state index contributed by atoms with van der Waals surface area (Å²) >= 11 is 1.34. The second-order valence-corrected chi connectivity index (χ2v) is 4.87. The Labute approximate surface area is 119 Å². The summed E-state index contributed by atoms with van der Waals surface area (Å²) in [5, 5.41) is 13.9. The van der Waals surface area contributed by atoms with Gasteiger partial charge in [0.25, 0.3) is 0 Å². The molecule has 2 rings (SSSR count). The Morgan fingerprint density at radius 1 is 1.55 bits per heavy atom. The molecular weight excluding hydrogens is 283 g/mol. The Morgan fingerprint density at radius 3 is 3.00 bits per heavy atom. The first-order valence-corrected chi connectivity index (χ1v) is 6.73. The molecule has 0 aliphatic rings. The van der Waals surface area contributed by atoms with Crippen LogP contribution in [0.15, 0.2) is 23.6 Å². The van der Waals surface area contributed by atoms with Gasteiger partial charge in [-0.1, -0.05) is 0 Å². The Bertz CT molecular complexity index is 615. The van der Waals surface area contributed by atoms with Crippen molar-refractivity contribution in [2.24, 2.45) is 0 Å². The number of hydrogen-bond acceptors (Lipinski definition) is 5. The van der Waals surface area contributed by atoms with Crippen LogP contribution < -0.4 is 10.1 Å². The number of rotatable bonds is 6. The average molecular weight is 296 g/mol. The number of anilines is 2. The predicted molar refractivity (Wildman–Crippen MR) is 74.3 cm³/mol. The van der Waals surface area contributed by atoms with Crippen molar-refractivity contribution in [3.05, 3.63) is 35.1 Å². The maximum absolute atomic E-state index is 13.5. The number of methoxy groups -OCH3 is 1. The Morgan fingerprint density at radius 2 is 2.35 bits per heavy atom. The molecule has 0 aliphatic carbocycles. The van der Waals surface area contributed by atoms with Gasteiger partial charge in [-0.25, -0.2) is 9.37 Å². The van der Waals surface area contributed by atoms with Crippen molar-refractivity contribution in [2.75, 3.05) is 12.4 Å². The molecule has 0 bridgehead atoms. The normalized spacial score (nSPS) is 10.3. The van der Waals surface area contributed by atoms with Crippen molar-refractivity contribution >= 4 is 28.1 Å². The summed E-state index contributed by atoms with van der Waals surface area (Å²) in [6.07, 6.45) is 0.421. The summed E-state index contributed by atoms with van der Waals surface area (Å²) in [6, 6.07) is 4.52. The molecule has 106 valence electrons. The Kier molecular flexibility index (Phi) is 4.52. The van der Waals surface area contributed by atoms with Gasteiger partial charge in [0.05, 0.1) is 19.2 Å². The summed E-state index contributed by atoms with van der Waals surface area (Å²) in [6.45, 7) is 0. The van der Waals surface area contributed by atoms with E-state index in [0.29, 0.717) is 22.9 Å². The van der Waals surface area contributed by atoms with E-state index in [1.807, 2.05) is 0 Å². The van der Waals surface area contributed by atoms with Crippen LogP contribution in [-0.4, -0.2) is 23.2 Å². The molecule has 0 atom stereocenters. The molecule has 0 radical (unpaired) electrons. The van der Waals surface area contributed by atoms with Crippen molar-refractivity contribution in [1.29, 1.82) is 0 Å². The summed E-state index contributed by atoms with van der Waals surface area (Å²) in [5.74, 6) is -1.14. The summed E-state index contributed by atoms with van der Waals surface area (Å²) < 4.78 is 18.4. The maximum atomic E-state index is 13.5. The van der Waals surface area contributed by atoms with Crippen LogP contribution in [0.2, 0.25) is 0 Å². The summed E-state index contributed by atoms with van der Waals surface area (Å²) in [5.41, 5.74) is 1.26. The van der Waals surface area contributed by atoms with Crippen LogP contribution in [0.1, 0.15) is 12.1 Å². The first-order valence-electron chi connectivity index (χ1n) is 5.85. The van der Waals surface area contributed by atoms with E-state index < -0.39 is 11.8 Å². The number of aromatic nitrogens is 1. The fourth-order valence-corrected chi connectivity index (χ4v) is 2.35. The third kappa shape index (κ3) is 3.67. The topological polar surface area (TPSA) is 71.5 Å². The van der Waals surface area contributed by atoms with Crippen LogP contribution in [0.25, 0.3) is 0 Å². The van der Waals surface area contributed by atoms with Crippen LogP contribution in [0, 0.1) is 5.82 Å². The molecule has 0 amide bonds. The highest BCUT2D eigenvalue weighted by molar-refractivity contribution is 7.13. The van der Waals surface area contributed by atoms with Gasteiger partial charge in [0.15, 0.2) is 16.7 Å². The van der Waals surface area contributed by atoms with Crippen LogP contribution >= 0.6 is 11.3 Å². The number of hydrogen-bond donors (Lipinski definition) is 2. The van der Waals surface area contributed by atoms with Gasteiger partial charge < -0.3 is 15.2 Å². The molecule has 1 aromatic heterocycles. The highest BCUT2D eigenvalue weighted by atomic mass is 32.1. The van der Waals surface area contributed by atoms with Crippen LogP contribution in [0.3, 0.4) is 0 Å². The number of halogens is 1. The lowest BCUT2D eigenvalue weighted by Crippen LogP contribution is -1.98. The number of ether oxygens (including phenoxy) is 1. The van der Waals surface area contributed by atoms with E-state index in [1.165, 1.54) is 30.6 Å². The number of carboxylic acid groups (broad SMARTS) is 1. The fourth-order valence-electron chi connectivity index (χ4n) is 1.58. The fraction of sp³-hybridized carbons (Fsp3) is 0.231. The SMILES string of the molecule is COc1ccc(Nc2nc(CCC(=O)O)cs2)cc1F. The molecule has 0 aliphatic heterocycles. The molecule has 0 unspecified atom stereocenters. The highest BCUT2D eigenvalue weighted by Crippen LogP contribution is 2.25. The first kappa shape index (κ1) is 14.3. The minimum Gasteiger partial charge on any atom is -0.494 e. The Hall–Kier alpha value is -2.15. The van der Waals surface area contributed by atoms with E-state index in [-0.39, 0.29) is 12.2 Å². The molecule has 0 spiro atoms. The zero-order chi connectivity index (χ0) is 14.5. The first-order chi connectivity index (χ1) is 9.58. The zero-order valence-electron chi connectivity index (χ0n) is 10.7. The van der Waals surface area contributed by atoms with Gasteiger partial charge in [0.1, 0.15) is 0 Å². The second kappa shape index (κ2) is 6.33. The second-order valence-electron chi connectivity index (χ2n) is 4.01. The molecule has 2 N–H and O–H groups in total. The molecule has 1 aromatic carbocycles. The lowest BCUT2D eigenvalue weighted by Gasteiger charge is -2.05. The highest BCUT2D eigenvalue weighted by Gasteiger charge is 2.07. The minimum atomic E-state index is -0.857. The van der Waals surface area contributed by atoms with Crippen molar-refractivity contribution in [1.82, 2.24) is 4.98 Å². The van der Waals surface area contributed by atoms with E-state index in [1.54, 1.807) is 11.4 Å². The number of nitrogens with one attached hydrogen (secondary N) is 1. The van der Waals surface area contributed by atoms with Gasteiger partial charge in [-0.05, 0) is 12.1 Å². The molecule has 5 nitrogen and oxygen atoms in total. The van der Waals surface area contributed by atoms with E-state index in [0.717, 1.165) is 0 Å². The number of carboxylic acids is 1. The number of nitrogens with zero attached hydrogens (tertiary/aromatic N) is 1. The average Bonchev–Trinajstić information content (AvgIpc) is 2.84. The van der Waals surface area contributed by atoms with Gasteiger partial charge in [-0.3, -0.25) is 4.79 Å². The van der Waals surface area contributed by atoms with Gasteiger partial charge in [-0.15, -0.1) is 11.3 Å². The van der Waals surface area contributed by atoms with Crippen LogP contribution in [0.5, 0.6) is 5.75 Å². The maximum Gasteiger partial charge on any atom is 0.303 e. The van der Waals surface area contributed by atoms with Crippen LogP contribution in [-0.2, 0) is 11.2 Å². The molecule has 0 fully saturated rings. The smallest absolute Gasteiger partial charge is 0.303 e. The van der Waals surface area contributed by atoms with Gasteiger partial charge in [0.2, 0.25) is 0 Å². The van der Waals surface area contributed by atoms with E-state index in [4.69, 9.17) is 9.84 Å². The van der Waals surface area contributed by atoms with Gasteiger partial charge in [-0.2, -0.15) is 0 Å². The van der Waals surface area contributed by atoms with E-state index in [9.17, 15) is 9.18 Å². The Balaban J connectivity index is 2.03. The molecule has 0 saturated heterocycles. The molecule has 20 heavy (non-hydrogen) atoms.